The van der Waals surface area contributed by atoms with E-state index in [1.54, 1.807) is 23.1 Å². The van der Waals surface area contributed by atoms with Crippen LogP contribution in [0, 0.1) is 0 Å². The van der Waals surface area contributed by atoms with Crippen LogP contribution in [0.4, 0.5) is 5.69 Å². The van der Waals surface area contributed by atoms with Crippen molar-refractivity contribution in [3.8, 4) is 10.8 Å². The molecule has 23 heavy (non-hydrogen) atoms. The third kappa shape index (κ3) is 4.43. The second kappa shape index (κ2) is 7.29. The molecule has 0 aliphatic rings. The minimum atomic E-state index is -0.0796. The highest BCUT2D eigenvalue weighted by Gasteiger charge is 2.11. The van der Waals surface area contributed by atoms with Crippen molar-refractivity contribution in [2.45, 2.75) is 17.6 Å². The van der Waals surface area contributed by atoms with E-state index in [1.165, 1.54) is 6.92 Å². The maximum absolute atomic E-state index is 11.0. The van der Waals surface area contributed by atoms with Gasteiger partial charge in [-0.2, -0.15) is 0 Å². The van der Waals surface area contributed by atoms with E-state index in [2.05, 4.69) is 31.4 Å². The predicted molar refractivity (Wildman–Crippen MR) is 95.6 cm³/mol. The highest BCUT2D eigenvalue weighted by molar-refractivity contribution is 9.11. The van der Waals surface area contributed by atoms with Crippen LogP contribution in [-0.2, 0) is 10.5 Å². The van der Waals surface area contributed by atoms with Crippen LogP contribution in [0.1, 0.15) is 12.8 Å². The summed E-state index contributed by atoms with van der Waals surface area (Å²) in [6.07, 6.45) is 0. The van der Waals surface area contributed by atoms with E-state index in [-0.39, 0.29) is 5.91 Å². The number of benzene rings is 1. The molecule has 0 aliphatic heterocycles. The Balaban J connectivity index is 1.60. The maximum atomic E-state index is 11.0. The first-order valence-corrected chi connectivity index (χ1v) is 9.28. The molecule has 0 saturated heterocycles. The highest BCUT2D eigenvalue weighted by atomic mass is 79.9. The summed E-state index contributed by atoms with van der Waals surface area (Å²) < 4.78 is 6.70. The van der Waals surface area contributed by atoms with E-state index in [0.29, 0.717) is 17.5 Å². The van der Waals surface area contributed by atoms with E-state index >= 15 is 0 Å². The van der Waals surface area contributed by atoms with Gasteiger partial charge in [0.25, 0.3) is 5.89 Å². The molecular weight excluding hydrogens is 398 g/mol. The van der Waals surface area contributed by atoms with Crippen LogP contribution in [-0.4, -0.2) is 16.1 Å². The van der Waals surface area contributed by atoms with E-state index in [1.807, 2.05) is 36.4 Å². The number of nitrogens with one attached hydrogen (secondary N) is 1. The molecule has 0 saturated carbocycles. The topological polar surface area (TPSA) is 68.0 Å². The minimum Gasteiger partial charge on any atom is -0.419 e. The lowest BCUT2D eigenvalue weighted by atomic mass is 10.3. The average molecular weight is 410 g/mol. The molecule has 5 nitrogen and oxygen atoms in total. The van der Waals surface area contributed by atoms with Crippen LogP contribution < -0.4 is 5.32 Å². The molecule has 0 fully saturated rings. The Morgan fingerprint density at radius 1 is 1.26 bits per heavy atom. The first kappa shape index (κ1) is 16.2. The first-order chi connectivity index (χ1) is 11.1. The molecule has 1 amide bonds. The van der Waals surface area contributed by atoms with Crippen LogP contribution in [0.25, 0.3) is 10.8 Å². The normalized spacial score (nSPS) is 10.7. The molecule has 8 heteroatoms. The van der Waals surface area contributed by atoms with E-state index in [9.17, 15) is 4.79 Å². The van der Waals surface area contributed by atoms with Crippen LogP contribution in [0.5, 0.6) is 0 Å². The van der Waals surface area contributed by atoms with Gasteiger partial charge in [-0.25, -0.2) is 0 Å². The number of nitrogens with zero attached hydrogens (tertiary/aromatic N) is 2. The molecule has 0 atom stereocenters. The number of halogens is 1. The van der Waals surface area contributed by atoms with Crippen molar-refractivity contribution in [2.24, 2.45) is 0 Å². The largest absolute Gasteiger partial charge is 0.419 e. The van der Waals surface area contributed by atoms with Crippen molar-refractivity contribution in [1.82, 2.24) is 10.2 Å². The monoisotopic (exact) mass is 409 g/mol. The zero-order chi connectivity index (χ0) is 16.2. The van der Waals surface area contributed by atoms with Crippen molar-refractivity contribution in [3.63, 3.8) is 0 Å². The molecule has 3 rings (SSSR count). The Morgan fingerprint density at radius 3 is 2.70 bits per heavy atom. The number of carbonyl (C=O) groups excluding carboxylic acids is 1. The van der Waals surface area contributed by atoms with Gasteiger partial charge in [-0.3, -0.25) is 4.79 Å². The molecule has 0 unspecified atom stereocenters. The lowest BCUT2D eigenvalue weighted by molar-refractivity contribution is -0.114. The quantitative estimate of drug-likeness (QED) is 0.612. The van der Waals surface area contributed by atoms with Gasteiger partial charge in [0.05, 0.1) is 14.4 Å². The third-order valence-corrected chi connectivity index (χ3v) is 5.40. The van der Waals surface area contributed by atoms with E-state index < -0.39 is 0 Å². The standard InChI is InChI=1S/C15H12BrN3O2S2/c1-9(20)17-10-2-4-11(5-3-10)22-8-14-18-19-15(21-14)12-6-7-13(16)23-12/h2-7H,8H2,1H3,(H,17,20). The summed E-state index contributed by atoms with van der Waals surface area (Å²) in [6.45, 7) is 1.49. The molecule has 118 valence electrons. The highest BCUT2D eigenvalue weighted by Crippen LogP contribution is 2.31. The summed E-state index contributed by atoms with van der Waals surface area (Å²) in [4.78, 5) is 13.0. The summed E-state index contributed by atoms with van der Waals surface area (Å²) in [5, 5.41) is 10.9. The molecule has 2 aromatic heterocycles. The number of aromatic nitrogens is 2. The van der Waals surface area contributed by atoms with Crippen LogP contribution in [0.2, 0.25) is 0 Å². The van der Waals surface area contributed by atoms with Gasteiger partial charge in [0.15, 0.2) is 0 Å². The molecule has 1 aromatic carbocycles. The van der Waals surface area contributed by atoms with Crippen LogP contribution in [0.3, 0.4) is 0 Å². The van der Waals surface area contributed by atoms with Gasteiger partial charge in [0.1, 0.15) is 0 Å². The summed E-state index contributed by atoms with van der Waals surface area (Å²) in [7, 11) is 0. The number of thiophene rings is 1. The fraction of sp³-hybridized carbons (Fsp3) is 0.133. The smallest absolute Gasteiger partial charge is 0.257 e. The van der Waals surface area contributed by atoms with Gasteiger partial charge in [0.2, 0.25) is 11.8 Å². The fourth-order valence-corrected chi connectivity index (χ4v) is 3.87. The Hall–Kier alpha value is -1.64. The van der Waals surface area contributed by atoms with Crippen molar-refractivity contribution >= 4 is 50.6 Å². The molecule has 0 spiro atoms. The number of hydrogen-bond donors (Lipinski definition) is 1. The molecule has 0 aliphatic carbocycles. The van der Waals surface area contributed by atoms with Gasteiger partial charge in [-0.1, -0.05) is 0 Å². The SMILES string of the molecule is CC(=O)Nc1ccc(SCc2nnc(-c3ccc(Br)s3)o2)cc1. The molecule has 0 bridgehead atoms. The molecular formula is C15H12BrN3O2S2. The van der Waals surface area contributed by atoms with Gasteiger partial charge < -0.3 is 9.73 Å². The second-order valence-electron chi connectivity index (χ2n) is 4.60. The lowest BCUT2D eigenvalue weighted by Gasteiger charge is -2.03. The zero-order valence-electron chi connectivity index (χ0n) is 12.1. The van der Waals surface area contributed by atoms with Crippen molar-refractivity contribution < 1.29 is 9.21 Å². The number of carbonyl (C=O) groups is 1. The Morgan fingerprint density at radius 2 is 2.04 bits per heavy atom. The predicted octanol–water partition coefficient (Wildman–Crippen LogP) is 4.81. The molecule has 0 radical (unpaired) electrons. The van der Waals surface area contributed by atoms with Crippen LogP contribution in [0.15, 0.2) is 49.5 Å². The Bertz CT molecular complexity index is 814. The Kier molecular flexibility index (Phi) is 5.14. The minimum absolute atomic E-state index is 0.0796. The van der Waals surface area contributed by atoms with E-state index in [4.69, 9.17) is 4.42 Å². The number of hydrogen-bond acceptors (Lipinski definition) is 6. The summed E-state index contributed by atoms with van der Waals surface area (Å²) >= 11 is 6.57. The molecule has 3 aromatic rings. The summed E-state index contributed by atoms with van der Waals surface area (Å²) in [6, 6.07) is 11.5. The van der Waals surface area contributed by atoms with Crippen molar-refractivity contribution in [2.75, 3.05) is 5.32 Å². The van der Waals surface area contributed by atoms with Gasteiger partial charge in [0, 0.05) is 17.5 Å². The fourth-order valence-electron chi connectivity index (χ4n) is 1.82. The Labute approximate surface area is 149 Å². The maximum Gasteiger partial charge on any atom is 0.257 e. The number of anilines is 1. The van der Waals surface area contributed by atoms with Crippen molar-refractivity contribution in [1.29, 1.82) is 0 Å². The number of amides is 1. The zero-order valence-corrected chi connectivity index (χ0v) is 15.3. The number of rotatable bonds is 5. The van der Waals surface area contributed by atoms with Crippen LogP contribution >= 0.6 is 39.0 Å². The molecule has 1 N–H and O–H groups in total. The second-order valence-corrected chi connectivity index (χ2v) is 8.11. The van der Waals surface area contributed by atoms with Gasteiger partial charge >= 0.3 is 0 Å². The lowest BCUT2D eigenvalue weighted by Crippen LogP contribution is -2.05. The van der Waals surface area contributed by atoms with Gasteiger partial charge in [-0.05, 0) is 52.3 Å². The summed E-state index contributed by atoms with van der Waals surface area (Å²) in [5.74, 6) is 1.64. The van der Waals surface area contributed by atoms with Crippen molar-refractivity contribution in [3.05, 3.63) is 46.1 Å². The third-order valence-electron chi connectivity index (χ3n) is 2.79. The first-order valence-electron chi connectivity index (χ1n) is 6.69. The van der Waals surface area contributed by atoms with Gasteiger partial charge in [-0.15, -0.1) is 33.3 Å². The summed E-state index contributed by atoms with van der Waals surface area (Å²) in [5.41, 5.74) is 0.783. The number of thioether (sulfide) groups is 1. The average Bonchev–Trinajstić information content (AvgIpc) is 3.15. The molecule has 2 heterocycles. The van der Waals surface area contributed by atoms with E-state index in [0.717, 1.165) is 19.2 Å².